The van der Waals surface area contributed by atoms with Gasteiger partial charge in [-0.15, -0.1) is 0 Å². The lowest BCUT2D eigenvalue weighted by atomic mass is 10.2. The van der Waals surface area contributed by atoms with E-state index in [9.17, 15) is 10.1 Å². The van der Waals surface area contributed by atoms with Gasteiger partial charge in [0.2, 0.25) is 5.89 Å². The van der Waals surface area contributed by atoms with E-state index >= 15 is 0 Å². The van der Waals surface area contributed by atoms with Crippen molar-refractivity contribution in [3.8, 4) is 11.5 Å². The van der Waals surface area contributed by atoms with Gasteiger partial charge in [0.25, 0.3) is 0 Å². The summed E-state index contributed by atoms with van der Waals surface area (Å²) in [4.78, 5) is 14.4. The van der Waals surface area contributed by atoms with Gasteiger partial charge in [0.15, 0.2) is 0 Å². The lowest BCUT2D eigenvalue weighted by Crippen LogP contribution is -2.00. The van der Waals surface area contributed by atoms with Crippen molar-refractivity contribution in [1.82, 2.24) is 14.8 Å². The fourth-order valence-electron chi connectivity index (χ4n) is 1.83. The molecule has 7 nitrogen and oxygen atoms in total. The van der Waals surface area contributed by atoms with Crippen molar-refractivity contribution in [2.45, 2.75) is 6.54 Å². The van der Waals surface area contributed by atoms with E-state index in [1.165, 1.54) is 23.3 Å². The molecule has 0 fully saturated rings. The molecule has 0 saturated carbocycles. The molecule has 0 saturated heterocycles. The van der Waals surface area contributed by atoms with Gasteiger partial charge in [-0.3, -0.25) is 14.8 Å². The zero-order valence-corrected chi connectivity index (χ0v) is 11.4. The van der Waals surface area contributed by atoms with Gasteiger partial charge in [-0.2, -0.15) is 5.10 Å². The van der Waals surface area contributed by atoms with Gasteiger partial charge in [0, 0.05) is 10.6 Å². The number of hydrogen-bond donors (Lipinski definition) is 0. The second kappa shape index (κ2) is 5.37. The molecular formula is C13H9ClN4O3. The van der Waals surface area contributed by atoms with E-state index in [2.05, 4.69) is 10.1 Å². The van der Waals surface area contributed by atoms with E-state index in [4.69, 9.17) is 16.0 Å². The molecule has 0 atom stereocenters. The number of oxazole rings is 1. The third-order valence-electron chi connectivity index (χ3n) is 2.78. The predicted molar refractivity (Wildman–Crippen MR) is 74.9 cm³/mol. The maximum absolute atomic E-state index is 10.6. The summed E-state index contributed by atoms with van der Waals surface area (Å²) in [5.74, 6) is 0.439. The third kappa shape index (κ3) is 2.92. The van der Waals surface area contributed by atoms with Crippen molar-refractivity contribution in [1.29, 1.82) is 0 Å². The first-order valence-electron chi connectivity index (χ1n) is 5.99. The highest BCUT2D eigenvalue weighted by molar-refractivity contribution is 6.30. The fourth-order valence-corrected chi connectivity index (χ4v) is 2.02. The van der Waals surface area contributed by atoms with Crippen LogP contribution in [0.5, 0.6) is 0 Å². The summed E-state index contributed by atoms with van der Waals surface area (Å²) in [7, 11) is 0. The van der Waals surface area contributed by atoms with Crippen LogP contribution in [0.1, 0.15) is 5.69 Å². The smallest absolute Gasteiger partial charge is 0.307 e. The van der Waals surface area contributed by atoms with Crippen molar-refractivity contribution in [3.05, 3.63) is 63.8 Å². The number of benzene rings is 1. The summed E-state index contributed by atoms with van der Waals surface area (Å²) in [6, 6.07) is 7.15. The first-order valence-corrected chi connectivity index (χ1v) is 6.37. The van der Waals surface area contributed by atoms with Crippen LogP contribution >= 0.6 is 11.6 Å². The van der Waals surface area contributed by atoms with Crippen LogP contribution in [0.2, 0.25) is 5.02 Å². The second-order valence-electron chi connectivity index (χ2n) is 4.31. The van der Waals surface area contributed by atoms with E-state index in [1.807, 2.05) is 6.07 Å². The zero-order chi connectivity index (χ0) is 14.8. The molecule has 3 aromatic rings. The lowest BCUT2D eigenvalue weighted by Gasteiger charge is -1.96. The highest BCUT2D eigenvalue weighted by Gasteiger charge is 2.11. The Morgan fingerprint density at radius 2 is 2.29 bits per heavy atom. The number of rotatable bonds is 4. The molecule has 0 N–H and O–H groups in total. The van der Waals surface area contributed by atoms with Crippen LogP contribution in [-0.2, 0) is 6.54 Å². The number of halogens is 1. The van der Waals surface area contributed by atoms with Crippen LogP contribution in [0.25, 0.3) is 11.5 Å². The molecule has 1 aromatic carbocycles. The Hall–Kier alpha value is -2.67. The first-order chi connectivity index (χ1) is 10.1. The van der Waals surface area contributed by atoms with Crippen molar-refractivity contribution >= 4 is 17.3 Å². The molecule has 2 aromatic heterocycles. The average molecular weight is 305 g/mol. The van der Waals surface area contributed by atoms with Gasteiger partial charge in [0.1, 0.15) is 24.4 Å². The molecule has 3 rings (SSSR count). The van der Waals surface area contributed by atoms with Crippen LogP contribution in [0.15, 0.2) is 47.3 Å². The SMILES string of the molecule is O=[N+]([O-])c1cnn(Cc2coc(-c3cccc(Cl)c3)n2)c1. The zero-order valence-electron chi connectivity index (χ0n) is 10.6. The Labute approximate surface area is 123 Å². The number of nitrogens with zero attached hydrogens (tertiary/aromatic N) is 4. The van der Waals surface area contributed by atoms with Crippen LogP contribution < -0.4 is 0 Å². The molecule has 0 unspecified atom stereocenters. The molecule has 0 spiro atoms. The van der Waals surface area contributed by atoms with Gasteiger partial charge >= 0.3 is 5.69 Å². The molecule has 0 bridgehead atoms. The Morgan fingerprint density at radius 1 is 1.43 bits per heavy atom. The van der Waals surface area contributed by atoms with E-state index in [1.54, 1.807) is 18.2 Å². The Balaban J connectivity index is 1.80. The predicted octanol–water partition coefficient (Wildman–Crippen LogP) is 3.15. The minimum absolute atomic E-state index is 0.0615. The van der Waals surface area contributed by atoms with Crippen molar-refractivity contribution in [3.63, 3.8) is 0 Å². The molecule has 0 aliphatic heterocycles. The van der Waals surface area contributed by atoms with Gasteiger partial charge < -0.3 is 4.42 Å². The monoisotopic (exact) mass is 304 g/mol. The van der Waals surface area contributed by atoms with E-state index in [0.29, 0.717) is 16.6 Å². The molecule has 8 heteroatoms. The Kier molecular flexibility index (Phi) is 3.41. The average Bonchev–Trinajstić information content (AvgIpc) is 3.08. The lowest BCUT2D eigenvalue weighted by molar-refractivity contribution is -0.385. The molecule has 0 amide bonds. The number of hydrogen-bond acceptors (Lipinski definition) is 5. The molecule has 21 heavy (non-hydrogen) atoms. The summed E-state index contributed by atoms with van der Waals surface area (Å²) in [6.07, 6.45) is 4.02. The van der Waals surface area contributed by atoms with Crippen molar-refractivity contribution in [2.24, 2.45) is 0 Å². The summed E-state index contributed by atoms with van der Waals surface area (Å²) in [6.45, 7) is 0.290. The summed E-state index contributed by atoms with van der Waals surface area (Å²) in [5, 5.41) is 15.1. The van der Waals surface area contributed by atoms with E-state index in [0.717, 1.165) is 5.56 Å². The summed E-state index contributed by atoms with van der Waals surface area (Å²) in [5.41, 5.74) is 1.32. The van der Waals surface area contributed by atoms with Gasteiger partial charge in [-0.25, -0.2) is 4.98 Å². The maximum atomic E-state index is 10.6. The van der Waals surface area contributed by atoms with Crippen molar-refractivity contribution in [2.75, 3.05) is 0 Å². The molecule has 2 heterocycles. The Bertz CT molecular complexity index is 796. The standard InChI is InChI=1S/C13H9ClN4O3/c14-10-3-1-2-9(4-10)13-16-11(8-21-13)6-17-7-12(5-15-17)18(19)20/h1-5,7-8H,6H2. The molecule has 0 aliphatic rings. The van der Waals surface area contributed by atoms with E-state index in [-0.39, 0.29) is 12.2 Å². The van der Waals surface area contributed by atoms with Crippen LogP contribution in [0.3, 0.4) is 0 Å². The highest BCUT2D eigenvalue weighted by Crippen LogP contribution is 2.22. The molecular weight excluding hydrogens is 296 g/mol. The van der Waals surface area contributed by atoms with Gasteiger partial charge in [0.05, 0.1) is 11.5 Å². The van der Waals surface area contributed by atoms with Gasteiger partial charge in [-0.1, -0.05) is 17.7 Å². The molecule has 106 valence electrons. The number of nitro groups is 1. The quantitative estimate of drug-likeness (QED) is 0.546. The van der Waals surface area contributed by atoms with Crippen LogP contribution in [0, 0.1) is 10.1 Å². The minimum Gasteiger partial charge on any atom is -0.444 e. The first kappa shape index (κ1) is 13.3. The normalized spacial score (nSPS) is 10.7. The maximum Gasteiger partial charge on any atom is 0.307 e. The topological polar surface area (TPSA) is 87.0 Å². The number of aromatic nitrogens is 3. The minimum atomic E-state index is -0.496. The molecule has 0 radical (unpaired) electrons. The summed E-state index contributed by atoms with van der Waals surface area (Å²) >= 11 is 5.92. The fraction of sp³-hybridized carbons (Fsp3) is 0.0769. The highest BCUT2D eigenvalue weighted by atomic mass is 35.5. The third-order valence-corrected chi connectivity index (χ3v) is 3.01. The van der Waals surface area contributed by atoms with Crippen molar-refractivity contribution < 1.29 is 9.34 Å². The largest absolute Gasteiger partial charge is 0.444 e. The van der Waals surface area contributed by atoms with Crippen LogP contribution in [-0.4, -0.2) is 19.7 Å². The summed E-state index contributed by atoms with van der Waals surface area (Å²) < 4.78 is 6.82. The molecule has 0 aliphatic carbocycles. The van der Waals surface area contributed by atoms with E-state index < -0.39 is 4.92 Å². The van der Waals surface area contributed by atoms with Gasteiger partial charge in [-0.05, 0) is 18.2 Å². The van der Waals surface area contributed by atoms with Crippen LogP contribution in [0.4, 0.5) is 5.69 Å². The Morgan fingerprint density at radius 3 is 3.00 bits per heavy atom. The second-order valence-corrected chi connectivity index (χ2v) is 4.74.